The van der Waals surface area contributed by atoms with Crippen LogP contribution in [-0.2, 0) is 6.54 Å². The number of hydrogen-bond acceptors (Lipinski definition) is 5. The Balaban J connectivity index is 2.05. The minimum atomic E-state index is 0.504. The van der Waals surface area contributed by atoms with Crippen LogP contribution in [0.25, 0.3) is 0 Å². The van der Waals surface area contributed by atoms with Crippen molar-refractivity contribution in [2.75, 3.05) is 5.32 Å². The minimum absolute atomic E-state index is 0.504. The molecule has 5 nitrogen and oxygen atoms in total. The zero-order valence-electron chi connectivity index (χ0n) is 8.99. The van der Waals surface area contributed by atoms with Crippen molar-refractivity contribution in [1.29, 1.82) is 0 Å². The van der Waals surface area contributed by atoms with Crippen LogP contribution in [0.5, 0.6) is 0 Å². The highest BCUT2D eigenvalue weighted by molar-refractivity contribution is 9.10. The molecule has 16 heavy (non-hydrogen) atoms. The minimum Gasteiger partial charge on any atom is -0.444 e. The summed E-state index contributed by atoms with van der Waals surface area (Å²) in [6.07, 6.45) is 3.17. The monoisotopic (exact) mass is 282 g/mol. The van der Waals surface area contributed by atoms with E-state index in [1.165, 1.54) is 6.33 Å². The van der Waals surface area contributed by atoms with Crippen LogP contribution in [0, 0.1) is 13.8 Å². The smallest absolute Gasteiger partial charge is 0.213 e. The highest BCUT2D eigenvalue weighted by Gasteiger charge is 2.06. The molecule has 0 saturated carbocycles. The SMILES string of the molecule is Cc1nc(CNc2ncncc2Br)oc1C. The van der Waals surface area contributed by atoms with Crippen LogP contribution in [0.2, 0.25) is 0 Å². The molecule has 0 radical (unpaired) electrons. The lowest BCUT2D eigenvalue weighted by Crippen LogP contribution is -2.02. The molecule has 0 spiro atoms. The zero-order valence-corrected chi connectivity index (χ0v) is 10.6. The predicted octanol–water partition coefficient (Wildman–Crippen LogP) is 2.46. The van der Waals surface area contributed by atoms with Gasteiger partial charge in [-0.05, 0) is 29.8 Å². The highest BCUT2D eigenvalue weighted by Crippen LogP contribution is 2.18. The lowest BCUT2D eigenvalue weighted by atomic mass is 10.4. The van der Waals surface area contributed by atoms with Gasteiger partial charge >= 0.3 is 0 Å². The zero-order chi connectivity index (χ0) is 11.5. The molecule has 0 aliphatic carbocycles. The van der Waals surface area contributed by atoms with Crippen molar-refractivity contribution in [3.05, 3.63) is 34.3 Å². The number of nitrogens with one attached hydrogen (secondary N) is 1. The summed E-state index contributed by atoms with van der Waals surface area (Å²) >= 11 is 3.35. The van der Waals surface area contributed by atoms with Crippen LogP contribution in [0.4, 0.5) is 5.82 Å². The van der Waals surface area contributed by atoms with Crippen molar-refractivity contribution >= 4 is 21.7 Å². The molecule has 0 amide bonds. The molecular weight excluding hydrogens is 272 g/mol. The largest absolute Gasteiger partial charge is 0.444 e. The first-order valence-electron chi connectivity index (χ1n) is 4.79. The molecule has 1 N–H and O–H groups in total. The van der Waals surface area contributed by atoms with E-state index in [-0.39, 0.29) is 0 Å². The van der Waals surface area contributed by atoms with Gasteiger partial charge in [0.15, 0.2) is 0 Å². The second-order valence-electron chi connectivity index (χ2n) is 3.32. The van der Waals surface area contributed by atoms with Crippen LogP contribution >= 0.6 is 15.9 Å². The quantitative estimate of drug-likeness (QED) is 0.937. The fourth-order valence-corrected chi connectivity index (χ4v) is 1.58. The van der Waals surface area contributed by atoms with Gasteiger partial charge in [0.1, 0.15) is 17.9 Å². The first-order chi connectivity index (χ1) is 7.66. The molecule has 2 aromatic rings. The average molecular weight is 283 g/mol. The predicted molar refractivity (Wildman–Crippen MR) is 63.0 cm³/mol. The van der Waals surface area contributed by atoms with E-state index < -0.39 is 0 Å². The Morgan fingerprint density at radius 2 is 2.25 bits per heavy atom. The summed E-state index contributed by atoms with van der Waals surface area (Å²) in [4.78, 5) is 12.2. The molecular formula is C10H11BrN4O. The van der Waals surface area contributed by atoms with Crippen LogP contribution in [0.1, 0.15) is 17.3 Å². The van der Waals surface area contributed by atoms with Gasteiger partial charge in [-0.3, -0.25) is 0 Å². The summed E-state index contributed by atoms with van der Waals surface area (Å²) in [6.45, 7) is 4.32. The molecule has 6 heteroatoms. The number of aryl methyl sites for hydroxylation is 2. The van der Waals surface area contributed by atoms with Crippen molar-refractivity contribution in [2.24, 2.45) is 0 Å². The van der Waals surface area contributed by atoms with E-state index in [2.05, 4.69) is 36.2 Å². The van der Waals surface area contributed by atoms with E-state index in [0.717, 1.165) is 21.7 Å². The van der Waals surface area contributed by atoms with Gasteiger partial charge in [-0.2, -0.15) is 0 Å². The Morgan fingerprint density at radius 1 is 1.44 bits per heavy atom. The maximum absolute atomic E-state index is 5.44. The molecule has 2 heterocycles. The molecule has 0 atom stereocenters. The highest BCUT2D eigenvalue weighted by atomic mass is 79.9. The van der Waals surface area contributed by atoms with E-state index >= 15 is 0 Å². The molecule has 84 valence electrons. The second-order valence-corrected chi connectivity index (χ2v) is 4.18. The van der Waals surface area contributed by atoms with Crippen LogP contribution < -0.4 is 5.32 Å². The number of halogens is 1. The van der Waals surface area contributed by atoms with Crippen molar-refractivity contribution in [3.8, 4) is 0 Å². The summed E-state index contributed by atoms with van der Waals surface area (Å²) in [7, 11) is 0. The first kappa shape index (κ1) is 11.1. The topological polar surface area (TPSA) is 63.8 Å². The van der Waals surface area contributed by atoms with Crippen LogP contribution in [0.3, 0.4) is 0 Å². The molecule has 0 fully saturated rings. The van der Waals surface area contributed by atoms with Gasteiger partial charge in [0, 0.05) is 6.20 Å². The van der Waals surface area contributed by atoms with E-state index in [1.54, 1.807) is 6.20 Å². The van der Waals surface area contributed by atoms with Crippen molar-refractivity contribution in [1.82, 2.24) is 15.0 Å². The van der Waals surface area contributed by atoms with Gasteiger partial charge < -0.3 is 9.73 Å². The Hall–Kier alpha value is -1.43. The lowest BCUT2D eigenvalue weighted by Gasteiger charge is -2.03. The summed E-state index contributed by atoms with van der Waals surface area (Å²) in [5.41, 5.74) is 0.915. The summed E-state index contributed by atoms with van der Waals surface area (Å²) < 4.78 is 6.26. The second kappa shape index (κ2) is 4.61. The summed E-state index contributed by atoms with van der Waals surface area (Å²) in [5.74, 6) is 2.22. The average Bonchev–Trinajstić information content (AvgIpc) is 2.57. The van der Waals surface area contributed by atoms with E-state index in [9.17, 15) is 0 Å². The normalized spacial score (nSPS) is 10.4. The number of nitrogens with zero attached hydrogens (tertiary/aromatic N) is 3. The number of rotatable bonds is 3. The lowest BCUT2D eigenvalue weighted by molar-refractivity contribution is 0.478. The Morgan fingerprint density at radius 3 is 2.88 bits per heavy atom. The van der Waals surface area contributed by atoms with Gasteiger partial charge in [0.05, 0.1) is 16.7 Å². The molecule has 2 aromatic heterocycles. The fourth-order valence-electron chi connectivity index (χ4n) is 1.22. The van der Waals surface area contributed by atoms with Crippen LogP contribution in [0.15, 0.2) is 21.4 Å². The first-order valence-corrected chi connectivity index (χ1v) is 5.58. The number of oxazole rings is 1. The third-order valence-electron chi connectivity index (χ3n) is 2.15. The molecule has 0 aliphatic rings. The molecule has 0 aliphatic heterocycles. The van der Waals surface area contributed by atoms with Crippen molar-refractivity contribution in [2.45, 2.75) is 20.4 Å². The third kappa shape index (κ3) is 2.38. The Labute approximate surface area is 101 Å². The Kier molecular flexibility index (Phi) is 3.19. The fraction of sp³-hybridized carbons (Fsp3) is 0.300. The van der Waals surface area contributed by atoms with E-state index in [1.807, 2.05) is 13.8 Å². The molecule has 2 rings (SSSR count). The molecule has 0 aromatic carbocycles. The standard InChI is InChI=1S/C10H11BrN4O/c1-6-7(2)16-9(15-6)4-13-10-8(11)3-12-5-14-10/h3,5H,4H2,1-2H3,(H,12,13,14). The maximum Gasteiger partial charge on any atom is 0.213 e. The van der Waals surface area contributed by atoms with Gasteiger partial charge in [-0.1, -0.05) is 0 Å². The van der Waals surface area contributed by atoms with Gasteiger partial charge in [0.2, 0.25) is 5.89 Å². The van der Waals surface area contributed by atoms with Crippen molar-refractivity contribution < 1.29 is 4.42 Å². The van der Waals surface area contributed by atoms with E-state index in [4.69, 9.17) is 4.42 Å². The van der Waals surface area contributed by atoms with E-state index in [0.29, 0.717) is 12.4 Å². The van der Waals surface area contributed by atoms with Crippen LogP contribution in [-0.4, -0.2) is 15.0 Å². The maximum atomic E-state index is 5.44. The Bertz CT molecular complexity index is 478. The molecule has 0 unspecified atom stereocenters. The molecule has 0 bridgehead atoms. The summed E-state index contributed by atoms with van der Waals surface area (Å²) in [6, 6.07) is 0. The van der Waals surface area contributed by atoms with Gasteiger partial charge in [0.25, 0.3) is 0 Å². The molecule has 0 saturated heterocycles. The number of anilines is 1. The number of hydrogen-bond donors (Lipinski definition) is 1. The van der Waals surface area contributed by atoms with Gasteiger partial charge in [-0.15, -0.1) is 0 Å². The van der Waals surface area contributed by atoms with Gasteiger partial charge in [-0.25, -0.2) is 15.0 Å². The summed E-state index contributed by atoms with van der Waals surface area (Å²) in [5, 5.41) is 3.12. The van der Waals surface area contributed by atoms with Crippen molar-refractivity contribution in [3.63, 3.8) is 0 Å². The number of aromatic nitrogens is 3. The third-order valence-corrected chi connectivity index (χ3v) is 2.73.